The van der Waals surface area contributed by atoms with Crippen molar-refractivity contribution in [1.29, 1.82) is 0 Å². The number of alkyl halides is 1. The van der Waals surface area contributed by atoms with E-state index < -0.39 is 18.0 Å². The van der Waals surface area contributed by atoms with Gasteiger partial charge in [-0.15, -0.1) is 0 Å². The molecule has 1 fully saturated rings. The van der Waals surface area contributed by atoms with Gasteiger partial charge in [-0.1, -0.05) is 15.9 Å². The van der Waals surface area contributed by atoms with E-state index >= 15 is 4.39 Å². The number of aromatic amines is 1. The van der Waals surface area contributed by atoms with E-state index in [1.807, 2.05) is 26.8 Å². The normalized spacial score (nSPS) is 22.3. The molecule has 2 aliphatic rings. The molecule has 3 rings (SSSR count). The summed E-state index contributed by atoms with van der Waals surface area (Å²) in [7, 11) is 0. The van der Waals surface area contributed by atoms with Gasteiger partial charge in [0.25, 0.3) is 5.56 Å². The molecule has 1 saturated heterocycles. The van der Waals surface area contributed by atoms with Gasteiger partial charge in [-0.2, -0.15) is 0 Å². The molecule has 8 heteroatoms. The highest BCUT2D eigenvalue weighted by atomic mass is 79.9. The van der Waals surface area contributed by atoms with Gasteiger partial charge in [-0.3, -0.25) is 9.59 Å². The Hall–Kier alpha value is -1.93. The second-order valence-corrected chi connectivity index (χ2v) is 9.18. The summed E-state index contributed by atoms with van der Waals surface area (Å²) in [4.78, 5) is 30.3. The lowest BCUT2D eigenvalue weighted by Gasteiger charge is -2.39. The number of aromatic nitrogens is 1. The van der Waals surface area contributed by atoms with Crippen molar-refractivity contribution in [2.45, 2.75) is 59.3 Å². The van der Waals surface area contributed by atoms with E-state index in [4.69, 9.17) is 4.74 Å². The zero-order chi connectivity index (χ0) is 22.7. The van der Waals surface area contributed by atoms with Crippen molar-refractivity contribution in [1.82, 2.24) is 15.2 Å². The minimum absolute atomic E-state index is 0.0604. The number of halogens is 2. The molecule has 2 heterocycles. The van der Waals surface area contributed by atoms with Crippen LogP contribution in [0.2, 0.25) is 0 Å². The maximum Gasteiger partial charge on any atom is 0.253 e. The van der Waals surface area contributed by atoms with Gasteiger partial charge < -0.3 is 19.9 Å². The number of nitrogens with one attached hydrogen (secondary N) is 2. The molecule has 1 amide bonds. The van der Waals surface area contributed by atoms with Crippen LogP contribution in [0, 0.1) is 19.8 Å². The molecule has 2 N–H and O–H groups in total. The molecule has 0 radical (unpaired) electrons. The van der Waals surface area contributed by atoms with Crippen LogP contribution >= 0.6 is 15.9 Å². The molecule has 0 spiro atoms. The van der Waals surface area contributed by atoms with Crippen molar-refractivity contribution in [2.24, 2.45) is 5.92 Å². The largest absolute Gasteiger partial charge is 0.381 e. The van der Waals surface area contributed by atoms with Crippen LogP contribution in [-0.4, -0.2) is 47.8 Å². The molecular formula is C23H31BrFN3O3. The van der Waals surface area contributed by atoms with Crippen LogP contribution in [0.1, 0.15) is 43.5 Å². The minimum atomic E-state index is -1.46. The molecule has 2 atom stereocenters. The van der Waals surface area contributed by atoms with E-state index in [9.17, 15) is 9.59 Å². The predicted molar refractivity (Wildman–Crippen MR) is 123 cm³/mol. The van der Waals surface area contributed by atoms with Gasteiger partial charge in [0.2, 0.25) is 5.91 Å². The van der Waals surface area contributed by atoms with Crippen LogP contribution in [0.25, 0.3) is 0 Å². The molecule has 2 unspecified atom stereocenters. The Bertz CT molecular complexity index is 950. The van der Waals surface area contributed by atoms with Crippen molar-refractivity contribution in [3.05, 3.63) is 55.1 Å². The number of H-pyrrole nitrogens is 1. The lowest BCUT2D eigenvalue weighted by Crippen LogP contribution is -2.43. The second-order valence-electron chi connectivity index (χ2n) is 8.27. The van der Waals surface area contributed by atoms with Gasteiger partial charge in [-0.05, 0) is 63.8 Å². The Balaban J connectivity index is 1.84. The summed E-state index contributed by atoms with van der Waals surface area (Å²) in [5.41, 5.74) is 3.41. The standard InChI is InChI=1S/C23H31BrFN3O3/c1-5-28(16-6-8-31-9-7-16)19-11-18(24)21(25)20(15(19)4)23(30)26-12-17-13(2)10-14(3)27-22(17)29/h10-11,16,20-21H,5-9,12H2,1-4H3,(H,26,30)(H,27,29). The fraction of sp³-hybridized carbons (Fsp3) is 0.565. The van der Waals surface area contributed by atoms with Crippen LogP contribution < -0.4 is 10.9 Å². The number of pyridine rings is 1. The van der Waals surface area contributed by atoms with Crippen LogP contribution in [0.3, 0.4) is 0 Å². The Morgan fingerprint density at radius 2 is 2.00 bits per heavy atom. The number of hydrogen-bond acceptors (Lipinski definition) is 4. The summed E-state index contributed by atoms with van der Waals surface area (Å²) in [5.74, 6) is -1.37. The predicted octanol–water partition coefficient (Wildman–Crippen LogP) is 3.63. The number of rotatable bonds is 6. The lowest BCUT2D eigenvalue weighted by atomic mass is 9.87. The van der Waals surface area contributed by atoms with Gasteiger partial charge in [-0.25, -0.2) is 4.39 Å². The van der Waals surface area contributed by atoms with E-state index in [2.05, 4.69) is 38.1 Å². The first-order valence-electron chi connectivity index (χ1n) is 10.8. The minimum Gasteiger partial charge on any atom is -0.381 e. The zero-order valence-corrected chi connectivity index (χ0v) is 20.1. The van der Waals surface area contributed by atoms with Crippen LogP contribution in [0.15, 0.2) is 32.7 Å². The van der Waals surface area contributed by atoms with Gasteiger partial charge >= 0.3 is 0 Å². The fourth-order valence-electron chi connectivity index (χ4n) is 4.51. The van der Waals surface area contributed by atoms with Gasteiger partial charge in [0.05, 0.1) is 5.92 Å². The number of ether oxygens (including phenoxy) is 1. The maximum atomic E-state index is 15.1. The number of hydrogen-bond donors (Lipinski definition) is 2. The quantitative estimate of drug-likeness (QED) is 0.631. The average Bonchev–Trinajstić information content (AvgIpc) is 2.72. The third-order valence-corrected chi connectivity index (χ3v) is 6.86. The second kappa shape index (κ2) is 10.1. The van der Waals surface area contributed by atoms with Gasteiger partial charge in [0, 0.05) is 53.8 Å². The Morgan fingerprint density at radius 3 is 2.61 bits per heavy atom. The summed E-state index contributed by atoms with van der Waals surface area (Å²) in [6.45, 7) is 9.77. The number of carbonyl (C=O) groups excluding carboxylic acids is 1. The highest BCUT2D eigenvalue weighted by Crippen LogP contribution is 2.37. The van der Waals surface area contributed by atoms with Crippen LogP contribution in [-0.2, 0) is 16.1 Å². The van der Waals surface area contributed by atoms with Gasteiger partial charge in [0.15, 0.2) is 0 Å². The molecule has 1 aromatic rings. The van der Waals surface area contributed by atoms with E-state index in [1.54, 1.807) is 6.08 Å². The van der Waals surface area contributed by atoms with Crippen molar-refractivity contribution in [3.8, 4) is 0 Å². The average molecular weight is 496 g/mol. The summed E-state index contributed by atoms with van der Waals surface area (Å²) in [5, 5.41) is 2.79. The van der Waals surface area contributed by atoms with E-state index in [-0.39, 0.29) is 12.1 Å². The van der Waals surface area contributed by atoms with Crippen molar-refractivity contribution in [3.63, 3.8) is 0 Å². The highest BCUT2D eigenvalue weighted by Gasteiger charge is 2.38. The molecule has 0 saturated carbocycles. The molecule has 1 aromatic heterocycles. The molecule has 6 nitrogen and oxygen atoms in total. The summed E-state index contributed by atoms with van der Waals surface area (Å²) >= 11 is 3.34. The third-order valence-electron chi connectivity index (χ3n) is 6.20. The maximum absolute atomic E-state index is 15.1. The number of carbonyl (C=O) groups is 1. The molecule has 1 aliphatic heterocycles. The van der Waals surface area contributed by atoms with E-state index in [0.29, 0.717) is 34.9 Å². The van der Waals surface area contributed by atoms with Crippen molar-refractivity contribution in [2.75, 3.05) is 19.8 Å². The number of aryl methyl sites for hydroxylation is 2. The van der Waals surface area contributed by atoms with E-state index in [0.717, 1.165) is 36.3 Å². The molecule has 31 heavy (non-hydrogen) atoms. The highest BCUT2D eigenvalue weighted by molar-refractivity contribution is 9.11. The first kappa shape index (κ1) is 23.7. The smallest absolute Gasteiger partial charge is 0.253 e. The number of likely N-dealkylation sites (N-methyl/N-ethyl adjacent to an activating group) is 1. The summed E-state index contributed by atoms with van der Waals surface area (Å²) in [6.07, 6.45) is 2.15. The molecule has 0 aromatic carbocycles. The lowest BCUT2D eigenvalue weighted by molar-refractivity contribution is -0.125. The zero-order valence-electron chi connectivity index (χ0n) is 18.6. The molecular weight excluding hydrogens is 465 g/mol. The van der Waals surface area contributed by atoms with Crippen molar-refractivity contribution >= 4 is 21.8 Å². The number of allylic oxidation sites excluding steroid dienone is 2. The first-order chi connectivity index (χ1) is 14.7. The van der Waals surface area contributed by atoms with Crippen molar-refractivity contribution < 1.29 is 13.9 Å². The Morgan fingerprint density at radius 1 is 1.32 bits per heavy atom. The number of amides is 1. The fourth-order valence-corrected chi connectivity index (χ4v) is 4.99. The van der Waals surface area contributed by atoms with Crippen LogP contribution in [0.5, 0.6) is 0 Å². The van der Waals surface area contributed by atoms with E-state index in [1.165, 1.54) is 0 Å². The molecule has 170 valence electrons. The monoisotopic (exact) mass is 495 g/mol. The topological polar surface area (TPSA) is 74.4 Å². The summed E-state index contributed by atoms with van der Waals surface area (Å²) < 4.78 is 21.0. The third kappa shape index (κ3) is 5.12. The SMILES string of the molecule is CCN(C1=C(C)C(C(=O)NCc2c(C)cc(C)[nH]c2=O)C(F)C(Br)=C1)C1CCOCC1. The Kier molecular flexibility index (Phi) is 7.75. The first-order valence-corrected chi connectivity index (χ1v) is 11.6. The number of nitrogens with zero attached hydrogens (tertiary/aromatic N) is 1. The molecule has 0 bridgehead atoms. The Labute approximate surface area is 191 Å². The summed E-state index contributed by atoms with van der Waals surface area (Å²) in [6, 6.07) is 2.16. The molecule has 1 aliphatic carbocycles. The van der Waals surface area contributed by atoms with Crippen LogP contribution in [0.4, 0.5) is 4.39 Å². The van der Waals surface area contributed by atoms with Gasteiger partial charge in [0.1, 0.15) is 6.17 Å².